The maximum atomic E-state index is 11.5. The largest absolute Gasteiger partial charge is 0.519 e. The van der Waals surface area contributed by atoms with Crippen LogP contribution in [0.3, 0.4) is 0 Å². The van der Waals surface area contributed by atoms with Gasteiger partial charge in [0.2, 0.25) is 0 Å². The molecule has 0 saturated carbocycles. The van der Waals surface area contributed by atoms with E-state index in [1.165, 1.54) is 24.3 Å². The molecule has 20 heavy (non-hydrogen) atoms. The second kappa shape index (κ2) is 5.83. The first-order chi connectivity index (χ1) is 9.54. The molecule has 0 aliphatic rings. The summed E-state index contributed by atoms with van der Waals surface area (Å²) in [5, 5.41) is 10.5. The van der Waals surface area contributed by atoms with Gasteiger partial charge in [0.1, 0.15) is 11.5 Å². The second-order valence-electron chi connectivity index (χ2n) is 3.85. The number of hydrogen-bond acceptors (Lipinski definition) is 5. The number of hydrogen-bond donors (Lipinski definition) is 0. The number of ether oxygens (including phenoxy) is 2. The highest BCUT2D eigenvalue weighted by Crippen LogP contribution is 2.18. The van der Waals surface area contributed by atoms with Crippen LogP contribution in [-0.2, 0) is 0 Å². The number of rotatable bonds is 3. The van der Waals surface area contributed by atoms with Gasteiger partial charge in [0.05, 0.1) is 4.92 Å². The van der Waals surface area contributed by atoms with Gasteiger partial charge >= 0.3 is 6.16 Å². The average molecular weight is 272 g/mol. The monoisotopic (exact) mass is 272 g/mol. The van der Waals surface area contributed by atoms with Crippen LogP contribution in [0.15, 0.2) is 48.5 Å². The Labute approximate surface area is 114 Å². The molecule has 0 aliphatic carbocycles. The van der Waals surface area contributed by atoms with Crippen molar-refractivity contribution >= 4 is 11.8 Å². The molecule has 0 saturated heterocycles. The van der Waals surface area contributed by atoms with Crippen molar-refractivity contribution < 1.29 is 19.2 Å². The van der Waals surface area contributed by atoms with Crippen LogP contribution < -0.4 is 9.47 Å². The lowest BCUT2D eigenvalue weighted by molar-refractivity contribution is -0.384. The van der Waals surface area contributed by atoms with E-state index in [-0.39, 0.29) is 11.4 Å². The van der Waals surface area contributed by atoms with Gasteiger partial charge in [-0.2, -0.15) is 0 Å². The second-order valence-corrected chi connectivity index (χ2v) is 3.85. The highest BCUT2D eigenvalue weighted by atomic mass is 16.7. The molecule has 2 aromatic carbocycles. The Balaban J connectivity index is 1.97. The van der Waals surface area contributed by atoms with E-state index < -0.39 is 11.1 Å². The third-order valence-corrected chi connectivity index (χ3v) is 2.37. The van der Waals surface area contributed by atoms with Crippen molar-refractivity contribution in [3.05, 3.63) is 71.1 Å². The van der Waals surface area contributed by atoms with Gasteiger partial charge in [-0.3, -0.25) is 10.1 Å². The Morgan fingerprint density at radius 3 is 1.85 bits per heavy atom. The molecule has 0 spiro atoms. The zero-order chi connectivity index (χ0) is 14.5. The molecule has 0 fully saturated rings. The summed E-state index contributed by atoms with van der Waals surface area (Å²) in [4.78, 5) is 21.4. The summed E-state index contributed by atoms with van der Waals surface area (Å²) in [7, 11) is 0. The van der Waals surface area contributed by atoms with Crippen molar-refractivity contribution in [3.63, 3.8) is 0 Å². The Morgan fingerprint density at radius 2 is 1.40 bits per heavy atom. The minimum Gasteiger partial charge on any atom is -0.395 e. The Hall–Kier alpha value is -2.89. The van der Waals surface area contributed by atoms with E-state index in [0.717, 1.165) is 5.56 Å². The quantitative estimate of drug-likeness (QED) is 0.370. The van der Waals surface area contributed by atoms with Crippen LogP contribution in [0.25, 0.3) is 0 Å². The van der Waals surface area contributed by atoms with E-state index in [4.69, 9.17) is 9.47 Å². The zero-order valence-electron chi connectivity index (χ0n) is 10.3. The molecule has 6 heteroatoms. The van der Waals surface area contributed by atoms with Gasteiger partial charge in [0, 0.05) is 12.1 Å². The van der Waals surface area contributed by atoms with Gasteiger partial charge in [0.15, 0.2) is 0 Å². The Morgan fingerprint density at radius 1 is 0.950 bits per heavy atom. The summed E-state index contributed by atoms with van der Waals surface area (Å²) in [6, 6.07) is 11.7. The topological polar surface area (TPSA) is 78.7 Å². The third-order valence-electron chi connectivity index (χ3n) is 2.37. The molecule has 0 unspecified atom stereocenters. The summed E-state index contributed by atoms with van der Waals surface area (Å²) < 4.78 is 9.81. The SMILES string of the molecule is [CH2]c1ccc(OC(=O)Oc2ccc([N+](=O)[O-])cc2)cc1. The molecule has 2 aromatic rings. The van der Waals surface area contributed by atoms with Crippen LogP contribution in [0.2, 0.25) is 0 Å². The number of nitro groups is 1. The fraction of sp³-hybridized carbons (Fsp3) is 0. The highest BCUT2D eigenvalue weighted by molar-refractivity contribution is 5.67. The fourth-order valence-electron chi connectivity index (χ4n) is 1.41. The summed E-state index contributed by atoms with van der Waals surface area (Å²) >= 11 is 0. The third kappa shape index (κ3) is 3.55. The van der Waals surface area contributed by atoms with Crippen LogP contribution >= 0.6 is 0 Å². The van der Waals surface area contributed by atoms with Crippen LogP contribution in [-0.4, -0.2) is 11.1 Å². The normalized spacial score (nSPS) is 9.85. The van der Waals surface area contributed by atoms with E-state index in [1.807, 2.05) is 0 Å². The lowest BCUT2D eigenvalue weighted by Gasteiger charge is -2.05. The van der Waals surface area contributed by atoms with Crippen molar-refractivity contribution in [1.82, 2.24) is 0 Å². The predicted octanol–water partition coefficient (Wildman–Crippen LogP) is 3.35. The molecule has 0 amide bonds. The van der Waals surface area contributed by atoms with Gasteiger partial charge in [0.25, 0.3) is 5.69 Å². The van der Waals surface area contributed by atoms with E-state index in [2.05, 4.69) is 6.92 Å². The minimum atomic E-state index is -0.921. The molecule has 1 radical (unpaired) electrons. The average Bonchev–Trinajstić information content (AvgIpc) is 2.42. The predicted molar refractivity (Wildman–Crippen MR) is 70.6 cm³/mol. The van der Waals surface area contributed by atoms with Crippen LogP contribution in [0.1, 0.15) is 5.56 Å². The summed E-state index contributed by atoms with van der Waals surface area (Å²) in [6.07, 6.45) is -0.921. The van der Waals surface area contributed by atoms with Gasteiger partial charge in [-0.05, 0) is 36.8 Å². The molecule has 0 aromatic heterocycles. The van der Waals surface area contributed by atoms with Gasteiger partial charge < -0.3 is 9.47 Å². The van der Waals surface area contributed by atoms with Crippen molar-refractivity contribution in [2.75, 3.05) is 0 Å². The van der Waals surface area contributed by atoms with Gasteiger partial charge in [-0.25, -0.2) is 4.79 Å². The van der Waals surface area contributed by atoms with E-state index >= 15 is 0 Å². The summed E-state index contributed by atoms with van der Waals surface area (Å²) in [5.41, 5.74) is 0.706. The minimum absolute atomic E-state index is 0.0863. The Bertz CT molecular complexity index is 619. The number of nitro benzene ring substituents is 1. The van der Waals surface area contributed by atoms with Gasteiger partial charge in [-0.1, -0.05) is 12.1 Å². The molecule has 0 heterocycles. The molecule has 101 valence electrons. The molecule has 2 rings (SSSR count). The molecule has 0 N–H and O–H groups in total. The lowest BCUT2D eigenvalue weighted by Crippen LogP contribution is -2.13. The molecular formula is C14H10NO5. The maximum absolute atomic E-state index is 11.5. The molecular weight excluding hydrogens is 262 g/mol. The van der Waals surface area contributed by atoms with Crippen molar-refractivity contribution in [1.29, 1.82) is 0 Å². The van der Waals surface area contributed by atoms with Crippen LogP contribution in [0.5, 0.6) is 11.5 Å². The van der Waals surface area contributed by atoms with E-state index in [9.17, 15) is 14.9 Å². The molecule has 0 atom stereocenters. The summed E-state index contributed by atoms with van der Waals surface area (Å²) in [6.45, 7) is 3.70. The van der Waals surface area contributed by atoms with Crippen molar-refractivity contribution in [2.45, 2.75) is 0 Å². The summed E-state index contributed by atoms with van der Waals surface area (Å²) in [5.74, 6) is 0.485. The zero-order valence-corrected chi connectivity index (χ0v) is 10.3. The number of nitrogens with zero attached hydrogens (tertiary/aromatic N) is 1. The first-order valence-electron chi connectivity index (χ1n) is 5.61. The molecule has 0 bridgehead atoms. The van der Waals surface area contributed by atoms with Gasteiger partial charge in [-0.15, -0.1) is 0 Å². The smallest absolute Gasteiger partial charge is 0.395 e. The van der Waals surface area contributed by atoms with Crippen molar-refractivity contribution in [2.24, 2.45) is 0 Å². The Kier molecular flexibility index (Phi) is 3.95. The molecule has 6 nitrogen and oxygen atoms in total. The number of non-ortho nitro benzene ring substituents is 1. The number of benzene rings is 2. The lowest BCUT2D eigenvalue weighted by atomic mass is 10.2. The first kappa shape index (κ1) is 13.5. The van der Waals surface area contributed by atoms with Crippen LogP contribution in [0.4, 0.5) is 10.5 Å². The van der Waals surface area contributed by atoms with Crippen LogP contribution in [0, 0.1) is 17.0 Å². The maximum Gasteiger partial charge on any atom is 0.519 e. The standard InChI is InChI=1S/C14H10NO5/c1-10-2-6-12(7-3-10)19-14(16)20-13-8-4-11(5-9-13)15(17)18/h2-9H,1H2. The first-order valence-corrected chi connectivity index (χ1v) is 5.61. The highest BCUT2D eigenvalue weighted by Gasteiger charge is 2.10. The molecule has 0 aliphatic heterocycles. The number of carbonyl (C=O) groups excluding carboxylic acids is 1. The number of carbonyl (C=O) groups is 1. The van der Waals surface area contributed by atoms with Crippen molar-refractivity contribution in [3.8, 4) is 11.5 Å². The van der Waals surface area contributed by atoms with E-state index in [1.54, 1.807) is 24.3 Å². The van der Waals surface area contributed by atoms with E-state index in [0.29, 0.717) is 5.75 Å². The fourth-order valence-corrected chi connectivity index (χ4v) is 1.41.